The van der Waals surface area contributed by atoms with E-state index < -0.39 is 12.1 Å². The number of urea groups is 1. The third-order valence-electron chi connectivity index (χ3n) is 5.07. The van der Waals surface area contributed by atoms with Crippen molar-refractivity contribution < 1.29 is 14.2 Å². The second-order valence-electron chi connectivity index (χ2n) is 7.03. The molecule has 30 heavy (non-hydrogen) atoms. The highest BCUT2D eigenvalue weighted by Crippen LogP contribution is 2.27. The molecule has 2 heterocycles. The van der Waals surface area contributed by atoms with Crippen LogP contribution in [0.4, 0.5) is 4.79 Å². The summed E-state index contributed by atoms with van der Waals surface area (Å²) in [6.07, 6.45) is 0. The lowest BCUT2D eigenvalue weighted by atomic mass is 10.1. The molecule has 2 aromatic carbocycles. The van der Waals surface area contributed by atoms with Crippen LogP contribution >= 0.6 is 35.0 Å². The Kier molecular flexibility index (Phi) is 5.86. The SMILES string of the molecule is CN1C(=O)C2C(=NC(SCc3ccc(Cl)cc3)=[N+]2Cc2ccccc2Cl)N(C)C1=O. The Morgan fingerprint density at radius 3 is 2.43 bits per heavy atom. The van der Waals surface area contributed by atoms with Crippen molar-refractivity contribution in [2.75, 3.05) is 14.1 Å². The minimum atomic E-state index is -0.665. The zero-order valence-electron chi connectivity index (χ0n) is 16.4. The number of rotatable bonds is 4. The van der Waals surface area contributed by atoms with Crippen molar-refractivity contribution in [3.05, 3.63) is 69.7 Å². The number of carbonyl (C=O) groups excluding carboxylic acids is 2. The van der Waals surface area contributed by atoms with Gasteiger partial charge in [-0.15, -0.1) is 0 Å². The Labute approximate surface area is 188 Å². The van der Waals surface area contributed by atoms with Crippen LogP contribution in [-0.2, 0) is 17.1 Å². The van der Waals surface area contributed by atoms with Gasteiger partial charge >= 0.3 is 11.2 Å². The predicted octanol–water partition coefficient (Wildman–Crippen LogP) is 4.10. The first-order valence-electron chi connectivity index (χ1n) is 9.25. The first kappa shape index (κ1) is 20.9. The number of amides is 3. The van der Waals surface area contributed by atoms with Crippen LogP contribution in [-0.4, -0.2) is 57.5 Å². The standard InChI is InChI=1S/C21H19Cl2N4O2S/c1-25-18-17(19(28)26(2)21(25)29)27(11-14-5-3-4-6-16(14)23)20(24-18)30-12-13-7-9-15(22)10-8-13/h3-10,17H,11-12H2,1-2H3/q+1. The number of halogens is 2. The van der Waals surface area contributed by atoms with E-state index in [-0.39, 0.29) is 5.91 Å². The number of amidine groups is 2. The molecule has 2 aromatic rings. The van der Waals surface area contributed by atoms with Crippen molar-refractivity contribution in [1.82, 2.24) is 9.80 Å². The summed E-state index contributed by atoms with van der Waals surface area (Å²) in [5.74, 6) is 0.788. The van der Waals surface area contributed by atoms with Gasteiger partial charge in [-0.25, -0.2) is 9.37 Å². The predicted molar refractivity (Wildman–Crippen MR) is 120 cm³/mol. The van der Waals surface area contributed by atoms with Crippen LogP contribution in [0.5, 0.6) is 0 Å². The summed E-state index contributed by atoms with van der Waals surface area (Å²) in [6, 6.07) is 14.1. The fourth-order valence-corrected chi connectivity index (χ4v) is 4.69. The molecule has 0 bridgehead atoms. The Morgan fingerprint density at radius 1 is 1.03 bits per heavy atom. The third-order valence-corrected chi connectivity index (χ3v) is 6.76. The van der Waals surface area contributed by atoms with Gasteiger partial charge in [-0.3, -0.25) is 14.6 Å². The summed E-state index contributed by atoms with van der Waals surface area (Å²) < 4.78 is 1.92. The molecule has 2 aliphatic rings. The summed E-state index contributed by atoms with van der Waals surface area (Å²) in [5.41, 5.74) is 1.97. The Bertz CT molecular complexity index is 1080. The number of thioether (sulfide) groups is 1. The summed E-state index contributed by atoms with van der Waals surface area (Å²) in [6.45, 7) is 0.405. The van der Waals surface area contributed by atoms with Gasteiger partial charge in [-0.2, -0.15) is 0 Å². The van der Waals surface area contributed by atoms with Crippen LogP contribution < -0.4 is 0 Å². The minimum absolute atomic E-state index is 0.300. The molecule has 0 saturated carbocycles. The molecule has 154 valence electrons. The van der Waals surface area contributed by atoms with E-state index >= 15 is 0 Å². The summed E-state index contributed by atoms with van der Waals surface area (Å²) >= 11 is 13.9. The van der Waals surface area contributed by atoms with E-state index in [0.717, 1.165) is 16.0 Å². The topological polar surface area (TPSA) is 56.0 Å². The Morgan fingerprint density at radius 2 is 1.73 bits per heavy atom. The van der Waals surface area contributed by atoms with Crippen LogP contribution in [0.3, 0.4) is 0 Å². The molecule has 3 amide bonds. The molecule has 2 aliphatic heterocycles. The lowest BCUT2D eigenvalue weighted by molar-refractivity contribution is -0.548. The van der Waals surface area contributed by atoms with Crippen LogP contribution in [0.25, 0.3) is 0 Å². The normalized spacial score (nSPS) is 18.8. The van der Waals surface area contributed by atoms with Crippen molar-refractivity contribution in [3.63, 3.8) is 0 Å². The molecule has 0 radical (unpaired) electrons. The number of carbonyl (C=O) groups is 2. The molecule has 1 unspecified atom stereocenters. The fourth-order valence-electron chi connectivity index (χ4n) is 3.39. The van der Waals surface area contributed by atoms with E-state index in [1.165, 1.54) is 23.7 Å². The minimum Gasteiger partial charge on any atom is -0.269 e. The molecule has 0 aliphatic carbocycles. The second kappa shape index (κ2) is 8.41. The van der Waals surface area contributed by atoms with Crippen molar-refractivity contribution in [2.45, 2.75) is 18.3 Å². The number of benzene rings is 2. The molecule has 1 atom stereocenters. The monoisotopic (exact) mass is 461 g/mol. The maximum absolute atomic E-state index is 13.0. The van der Waals surface area contributed by atoms with E-state index in [2.05, 4.69) is 4.99 Å². The molecular formula is C21H19Cl2N4O2S+. The molecule has 0 N–H and O–H groups in total. The van der Waals surface area contributed by atoms with Crippen LogP contribution in [0, 0.1) is 0 Å². The lowest BCUT2D eigenvalue weighted by Crippen LogP contribution is -2.61. The number of hydrogen-bond acceptors (Lipinski definition) is 4. The number of likely N-dealkylation sites (N-methyl/N-ethyl adjacent to an activating group) is 2. The third kappa shape index (κ3) is 3.85. The quantitative estimate of drug-likeness (QED) is 0.643. The number of hydrogen-bond donors (Lipinski definition) is 0. The van der Waals surface area contributed by atoms with Gasteiger partial charge in [-0.1, -0.05) is 53.5 Å². The first-order valence-corrected chi connectivity index (χ1v) is 11.0. The first-order chi connectivity index (χ1) is 14.4. The van der Waals surface area contributed by atoms with E-state index in [1.54, 1.807) is 7.05 Å². The highest BCUT2D eigenvalue weighted by molar-refractivity contribution is 8.13. The summed E-state index contributed by atoms with van der Waals surface area (Å²) in [4.78, 5) is 32.6. The Hall–Kier alpha value is -2.35. The molecule has 6 nitrogen and oxygen atoms in total. The van der Waals surface area contributed by atoms with Gasteiger partial charge in [0.15, 0.2) is 0 Å². The summed E-state index contributed by atoms with van der Waals surface area (Å²) in [7, 11) is 3.13. The number of aliphatic imine (C=N–C) groups is 1. The maximum atomic E-state index is 13.0. The smallest absolute Gasteiger partial charge is 0.269 e. The zero-order valence-corrected chi connectivity index (χ0v) is 18.7. The number of fused-ring (bicyclic) bond motifs is 1. The average Bonchev–Trinajstić information content (AvgIpc) is 3.10. The van der Waals surface area contributed by atoms with Crippen molar-refractivity contribution in [1.29, 1.82) is 0 Å². The van der Waals surface area contributed by atoms with E-state index in [1.807, 2.05) is 53.1 Å². The maximum Gasteiger partial charge on any atom is 0.358 e. The van der Waals surface area contributed by atoms with E-state index in [0.29, 0.717) is 33.3 Å². The van der Waals surface area contributed by atoms with Gasteiger partial charge in [0.2, 0.25) is 0 Å². The van der Waals surface area contributed by atoms with Crippen molar-refractivity contribution >= 4 is 57.9 Å². The molecule has 9 heteroatoms. The summed E-state index contributed by atoms with van der Waals surface area (Å²) in [5, 5.41) is 1.97. The largest absolute Gasteiger partial charge is 0.358 e. The van der Waals surface area contributed by atoms with Crippen LogP contribution in [0.15, 0.2) is 53.5 Å². The van der Waals surface area contributed by atoms with Gasteiger partial charge < -0.3 is 0 Å². The Balaban J connectivity index is 1.70. The van der Waals surface area contributed by atoms with Crippen LogP contribution in [0.2, 0.25) is 10.0 Å². The van der Waals surface area contributed by atoms with Gasteiger partial charge in [0.25, 0.3) is 17.8 Å². The molecule has 0 spiro atoms. The molecule has 1 saturated heterocycles. The van der Waals surface area contributed by atoms with Gasteiger partial charge in [0, 0.05) is 35.5 Å². The highest BCUT2D eigenvalue weighted by atomic mass is 35.5. The molecule has 0 aromatic heterocycles. The highest BCUT2D eigenvalue weighted by Gasteiger charge is 2.53. The second-order valence-corrected chi connectivity index (χ2v) is 8.81. The molecular weight excluding hydrogens is 443 g/mol. The van der Waals surface area contributed by atoms with E-state index in [9.17, 15) is 9.59 Å². The lowest BCUT2D eigenvalue weighted by Gasteiger charge is -2.30. The average molecular weight is 462 g/mol. The number of imide groups is 1. The van der Waals surface area contributed by atoms with Gasteiger partial charge in [0.05, 0.1) is 0 Å². The van der Waals surface area contributed by atoms with Crippen molar-refractivity contribution in [3.8, 4) is 0 Å². The molecule has 4 rings (SSSR count). The zero-order chi connectivity index (χ0) is 21.4. The van der Waals surface area contributed by atoms with Gasteiger partial charge in [-0.05, 0) is 40.5 Å². The van der Waals surface area contributed by atoms with E-state index in [4.69, 9.17) is 23.2 Å². The van der Waals surface area contributed by atoms with Crippen molar-refractivity contribution in [2.24, 2.45) is 4.99 Å². The molecule has 1 fully saturated rings. The fraction of sp³-hybridized carbons (Fsp3) is 0.238. The van der Waals surface area contributed by atoms with Crippen LogP contribution in [0.1, 0.15) is 11.1 Å². The van der Waals surface area contributed by atoms with Gasteiger partial charge in [0.1, 0.15) is 6.54 Å². The number of nitrogens with zero attached hydrogens (tertiary/aromatic N) is 4.